The quantitative estimate of drug-likeness (QED) is 0.331. The molecule has 7 heteroatoms. The summed E-state index contributed by atoms with van der Waals surface area (Å²) in [5, 5.41) is 1.03. The Bertz CT molecular complexity index is 1580. The minimum atomic E-state index is -0.419. The molecule has 4 aromatic rings. The third-order valence-corrected chi connectivity index (χ3v) is 8.19. The highest BCUT2D eigenvalue weighted by molar-refractivity contribution is 6.03. The summed E-state index contributed by atoms with van der Waals surface area (Å²) in [6.07, 6.45) is 1.14. The lowest BCUT2D eigenvalue weighted by Gasteiger charge is -2.33. The molecule has 1 saturated heterocycles. The summed E-state index contributed by atoms with van der Waals surface area (Å²) in [5.41, 5.74) is 6.65. The summed E-state index contributed by atoms with van der Waals surface area (Å²) in [5.74, 6) is -0.624. The van der Waals surface area contributed by atoms with Crippen LogP contribution in [0, 0.1) is 12.8 Å². The molecule has 1 N–H and O–H groups in total. The number of aryl methyl sites for hydroxylation is 1. The highest BCUT2D eigenvalue weighted by atomic mass is 16.5. The number of fused-ring (bicyclic) bond motifs is 2. The fraction of sp³-hybridized carbons (Fsp3) is 0.303. The number of amides is 2. The standard InChI is InChI=1S/C33H33N3O4/c1-3-40-33(39)23-16-18-35(19-17-23)28(37)20-36-31(24-8-4-5-9-25(24)32(36)38)29-26-10-6-7-11-27(26)34-30(29)22-14-12-21(2)13-15-22/h4-15,23,31,34H,3,16-20H2,1-2H3. The molecule has 3 heterocycles. The number of carbonyl (C=O) groups excluding carboxylic acids is 3. The number of rotatable bonds is 6. The van der Waals surface area contributed by atoms with Crippen molar-refractivity contribution in [3.63, 3.8) is 0 Å². The summed E-state index contributed by atoms with van der Waals surface area (Å²) >= 11 is 0. The normalized spacial score (nSPS) is 17.4. The van der Waals surface area contributed by atoms with Crippen LogP contribution in [0.2, 0.25) is 0 Å². The average molecular weight is 536 g/mol. The second-order valence-electron chi connectivity index (χ2n) is 10.7. The molecular weight excluding hydrogens is 502 g/mol. The summed E-state index contributed by atoms with van der Waals surface area (Å²) in [7, 11) is 0. The Morgan fingerprint density at radius 1 is 0.950 bits per heavy atom. The van der Waals surface area contributed by atoms with Crippen molar-refractivity contribution in [3.8, 4) is 11.3 Å². The van der Waals surface area contributed by atoms with Crippen LogP contribution in [0.3, 0.4) is 0 Å². The zero-order valence-electron chi connectivity index (χ0n) is 22.9. The average Bonchev–Trinajstić information content (AvgIpc) is 3.48. The van der Waals surface area contributed by atoms with Crippen LogP contribution in [0.4, 0.5) is 0 Å². The molecule has 7 nitrogen and oxygen atoms in total. The molecule has 3 aromatic carbocycles. The van der Waals surface area contributed by atoms with Gasteiger partial charge in [-0.1, -0.05) is 66.2 Å². The number of esters is 1. The van der Waals surface area contributed by atoms with Gasteiger partial charge in [0.25, 0.3) is 5.91 Å². The maximum Gasteiger partial charge on any atom is 0.309 e. The summed E-state index contributed by atoms with van der Waals surface area (Å²) in [6.45, 7) is 5.14. The molecule has 204 valence electrons. The largest absolute Gasteiger partial charge is 0.466 e. The molecule has 1 unspecified atom stereocenters. The van der Waals surface area contributed by atoms with Gasteiger partial charge in [0.1, 0.15) is 6.54 Å². The van der Waals surface area contributed by atoms with Crippen LogP contribution in [0.15, 0.2) is 72.8 Å². The smallest absolute Gasteiger partial charge is 0.309 e. The van der Waals surface area contributed by atoms with Gasteiger partial charge in [0.15, 0.2) is 0 Å². The van der Waals surface area contributed by atoms with Gasteiger partial charge in [-0.3, -0.25) is 14.4 Å². The van der Waals surface area contributed by atoms with Crippen LogP contribution in [0.5, 0.6) is 0 Å². The predicted octanol–water partition coefficient (Wildman–Crippen LogP) is 5.49. The minimum Gasteiger partial charge on any atom is -0.466 e. The first-order chi connectivity index (χ1) is 19.5. The van der Waals surface area contributed by atoms with E-state index < -0.39 is 6.04 Å². The van der Waals surface area contributed by atoms with E-state index in [4.69, 9.17) is 4.74 Å². The molecule has 1 atom stereocenters. The van der Waals surface area contributed by atoms with Crippen LogP contribution < -0.4 is 0 Å². The molecular formula is C33H33N3O4. The molecule has 6 rings (SSSR count). The number of nitrogens with zero attached hydrogens (tertiary/aromatic N) is 2. The van der Waals surface area contributed by atoms with Crippen LogP contribution in [0.1, 0.15) is 52.9 Å². The van der Waals surface area contributed by atoms with E-state index >= 15 is 0 Å². The lowest BCUT2D eigenvalue weighted by molar-refractivity contribution is -0.151. The van der Waals surface area contributed by atoms with Gasteiger partial charge in [0, 0.05) is 35.1 Å². The van der Waals surface area contributed by atoms with Crippen LogP contribution in [-0.4, -0.2) is 58.8 Å². The second kappa shape index (κ2) is 10.6. The topological polar surface area (TPSA) is 82.7 Å². The second-order valence-corrected chi connectivity index (χ2v) is 10.7. The monoisotopic (exact) mass is 535 g/mol. The Kier molecular flexibility index (Phi) is 6.88. The van der Waals surface area contributed by atoms with Crippen molar-refractivity contribution in [2.24, 2.45) is 5.92 Å². The Morgan fingerprint density at radius 2 is 1.65 bits per heavy atom. The van der Waals surface area contributed by atoms with Gasteiger partial charge in [-0.15, -0.1) is 0 Å². The van der Waals surface area contributed by atoms with Crippen molar-refractivity contribution < 1.29 is 19.1 Å². The lowest BCUT2D eigenvalue weighted by Crippen LogP contribution is -2.46. The number of aromatic nitrogens is 1. The van der Waals surface area contributed by atoms with E-state index in [2.05, 4.69) is 42.2 Å². The van der Waals surface area contributed by atoms with Gasteiger partial charge in [-0.2, -0.15) is 0 Å². The number of ether oxygens (including phenoxy) is 1. The zero-order chi connectivity index (χ0) is 27.8. The lowest BCUT2D eigenvalue weighted by atomic mass is 9.93. The summed E-state index contributed by atoms with van der Waals surface area (Å²) in [6, 6.07) is 23.7. The van der Waals surface area contributed by atoms with Crippen LogP contribution in [-0.2, 0) is 14.3 Å². The van der Waals surface area contributed by atoms with E-state index in [1.807, 2.05) is 42.5 Å². The Morgan fingerprint density at radius 3 is 2.40 bits per heavy atom. The molecule has 1 fully saturated rings. The summed E-state index contributed by atoms with van der Waals surface area (Å²) < 4.78 is 5.18. The van der Waals surface area contributed by atoms with Gasteiger partial charge in [-0.05, 0) is 49.9 Å². The van der Waals surface area contributed by atoms with Crippen molar-refractivity contribution in [2.75, 3.05) is 26.2 Å². The van der Waals surface area contributed by atoms with Crippen molar-refractivity contribution in [2.45, 2.75) is 32.7 Å². The van der Waals surface area contributed by atoms with E-state index in [1.54, 1.807) is 16.7 Å². The van der Waals surface area contributed by atoms with Gasteiger partial charge < -0.3 is 19.5 Å². The molecule has 2 amide bonds. The number of aromatic amines is 1. The molecule has 0 spiro atoms. The molecule has 0 radical (unpaired) electrons. The number of nitrogens with one attached hydrogen (secondary N) is 1. The Labute approximate surface area is 233 Å². The van der Waals surface area contributed by atoms with E-state index in [1.165, 1.54) is 5.56 Å². The van der Waals surface area contributed by atoms with Gasteiger partial charge in [0.05, 0.1) is 24.3 Å². The number of hydrogen-bond donors (Lipinski definition) is 1. The third-order valence-electron chi connectivity index (χ3n) is 8.19. The molecule has 0 aliphatic carbocycles. The SMILES string of the molecule is CCOC(=O)C1CCN(C(=O)CN2C(=O)c3ccccc3C2c2c(-c3ccc(C)cc3)[nH]c3ccccc23)CC1. The number of benzene rings is 3. The maximum atomic E-state index is 13.8. The molecule has 0 saturated carbocycles. The first-order valence-corrected chi connectivity index (χ1v) is 14.0. The Hall–Kier alpha value is -4.39. The van der Waals surface area contributed by atoms with Crippen molar-refractivity contribution >= 4 is 28.7 Å². The highest BCUT2D eigenvalue weighted by Crippen LogP contribution is 2.45. The maximum absolute atomic E-state index is 13.8. The van der Waals surface area contributed by atoms with Gasteiger partial charge in [0.2, 0.25) is 5.91 Å². The van der Waals surface area contributed by atoms with Crippen molar-refractivity contribution in [3.05, 3.63) is 95.1 Å². The highest BCUT2D eigenvalue weighted by Gasteiger charge is 2.42. The predicted molar refractivity (Wildman–Crippen MR) is 154 cm³/mol. The fourth-order valence-corrected chi connectivity index (χ4v) is 6.11. The van der Waals surface area contributed by atoms with E-state index in [9.17, 15) is 14.4 Å². The molecule has 2 aliphatic heterocycles. The minimum absolute atomic E-state index is 0.0326. The number of likely N-dealkylation sites (tertiary alicyclic amines) is 1. The Balaban J connectivity index is 1.37. The number of carbonyl (C=O) groups is 3. The number of para-hydroxylation sites is 1. The van der Waals surface area contributed by atoms with E-state index in [0.717, 1.165) is 33.3 Å². The number of hydrogen-bond acceptors (Lipinski definition) is 4. The van der Waals surface area contributed by atoms with Crippen LogP contribution >= 0.6 is 0 Å². The van der Waals surface area contributed by atoms with Gasteiger partial charge >= 0.3 is 5.97 Å². The van der Waals surface area contributed by atoms with Crippen LogP contribution in [0.25, 0.3) is 22.2 Å². The fourth-order valence-electron chi connectivity index (χ4n) is 6.11. The first kappa shape index (κ1) is 25.9. The molecule has 1 aromatic heterocycles. The van der Waals surface area contributed by atoms with Crippen molar-refractivity contribution in [1.82, 2.24) is 14.8 Å². The number of H-pyrrole nitrogens is 1. The number of piperidine rings is 1. The molecule has 2 aliphatic rings. The third kappa shape index (κ3) is 4.55. The van der Waals surface area contributed by atoms with Crippen molar-refractivity contribution in [1.29, 1.82) is 0 Å². The van der Waals surface area contributed by atoms with E-state index in [0.29, 0.717) is 38.1 Å². The molecule has 0 bridgehead atoms. The van der Waals surface area contributed by atoms with E-state index in [-0.39, 0.29) is 30.2 Å². The summed E-state index contributed by atoms with van der Waals surface area (Å²) in [4.78, 5) is 46.8. The first-order valence-electron chi connectivity index (χ1n) is 14.0. The van der Waals surface area contributed by atoms with Gasteiger partial charge in [-0.25, -0.2) is 0 Å². The molecule has 40 heavy (non-hydrogen) atoms. The zero-order valence-corrected chi connectivity index (χ0v) is 22.9.